The molecule has 0 aromatic heterocycles. The van der Waals surface area contributed by atoms with E-state index in [2.05, 4.69) is 10.3 Å². The highest BCUT2D eigenvalue weighted by Crippen LogP contribution is 2.23. The van der Waals surface area contributed by atoms with E-state index >= 15 is 0 Å². The number of carbonyl (C=O) groups is 3. The summed E-state index contributed by atoms with van der Waals surface area (Å²) >= 11 is 11.8. The molecule has 8 nitrogen and oxygen atoms in total. The average molecular weight is 499 g/mol. The van der Waals surface area contributed by atoms with Gasteiger partial charge in [0, 0.05) is 34.1 Å². The smallest absolute Gasteiger partial charge is 0.343 e. The molecule has 3 aromatic carbocycles. The van der Waals surface area contributed by atoms with Crippen LogP contribution in [0.5, 0.6) is 5.75 Å². The number of Topliss-reactive ketones (excluding diaryl/α,β-unsaturated/α-hetero) is 1. The molecule has 174 valence electrons. The third kappa shape index (κ3) is 7.33. The van der Waals surface area contributed by atoms with Gasteiger partial charge in [0.2, 0.25) is 5.91 Å². The van der Waals surface area contributed by atoms with Crippen LogP contribution in [0.2, 0.25) is 10.0 Å². The molecule has 0 bridgehead atoms. The second-order valence-electron chi connectivity index (χ2n) is 7.13. The van der Waals surface area contributed by atoms with Crippen LogP contribution >= 0.6 is 23.2 Å². The van der Waals surface area contributed by atoms with Crippen molar-refractivity contribution in [3.63, 3.8) is 0 Å². The molecule has 34 heavy (non-hydrogen) atoms. The second-order valence-corrected chi connectivity index (χ2v) is 8.00. The lowest BCUT2D eigenvalue weighted by atomic mass is 10.1. The largest absolute Gasteiger partial charge is 0.423 e. The summed E-state index contributed by atoms with van der Waals surface area (Å²) in [6.07, 6.45) is -0.0169. The van der Waals surface area contributed by atoms with Gasteiger partial charge in [-0.15, -0.1) is 0 Å². The molecule has 0 radical (unpaired) electrons. The van der Waals surface area contributed by atoms with E-state index in [-0.39, 0.29) is 36.2 Å². The Bertz CT molecular complexity index is 1220. The van der Waals surface area contributed by atoms with Gasteiger partial charge in [-0.25, -0.2) is 9.79 Å². The number of anilines is 1. The number of halogens is 2. The van der Waals surface area contributed by atoms with Crippen molar-refractivity contribution < 1.29 is 19.1 Å². The van der Waals surface area contributed by atoms with E-state index in [0.29, 0.717) is 32.5 Å². The Labute approximate surface area is 205 Å². The molecule has 0 saturated carbocycles. The lowest BCUT2D eigenvalue weighted by Crippen LogP contribution is -2.21. The maximum atomic E-state index is 12.4. The predicted molar refractivity (Wildman–Crippen MR) is 132 cm³/mol. The van der Waals surface area contributed by atoms with Crippen molar-refractivity contribution in [1.29, 1.82) is 0 Å². The number of nitrogens with two attached hydrogens (primary N) is 2. The number of nitrogens with one attached hydrogen (secondary N) is 1. The molecule has 3 aromatic rings. The summed E-state index contributed by atoms with van der Waals surface area (Å²) in [5.74, 6) is -0.967. The van der Waals surface area contributed by atoms with Crippen molar-refractivity contribution in [2.75, 3.05) is 5.32 Å². The van der Waals surface area contributed by atoms with Gasteiger partial charge in [-0.2, -0.15) is 0 Å². The fraction of sp³-hybridized carbons (Fsp3) is 0.0833. The number of nitrogens with zero attached hydrogens (tertiary/aromatic N) is 1. The van der Waals surface area contributed by atoms with Gasteiger partial charge in [0.05, 0.1) is 11.3 Å². The molecule has 3 rings (SSSR count). The fourth-order valence-corrected chi connectivity index (χ4v) is 3.44. The van der Waals surface area contributed by atoms with Gasteiger partial charge < -0.3 is 21.5 Å². The van der Waals surface area contributed by atoms with Crippen LogP contribution in [0.4, 0.5) is 11.4 Å². The number of hydrogen-bond donors (Lipinski definition) is 3. The maximum Gasteiger partial charge on any atom is 0.343 e. The standard InChI is InChI=1S/C24H20Cl2N4O4/c25-16-11-17(26)13-19(12-16)29-22(32)10-9-21(31)14-3-7-20(8-4-14)34-23(33)15-1-5-18(6-2-15)30-24(27)28/h1-8,11-13H,9-10H2,(H,29,32)(H4,27,28,30). The normalized spacial score (nSPS) is 10.3. The fourth-order valence-electron chi connectivity index (χ4n) is 2.92. The quantitative estimate of drug-likeness (QED) is 0.135. The SMILES string of the molecule is NC(N)=Nc1ccc(C(=O)Oc2ccc(C(=O)CCC(=O)Nc3cc(Cl)cc(Cl)c3)cc2)cc1. The first-order valence-corrected chi connectivity index (χ1v) is 10.8. The zero-order chi connectivity index (χ0) is 24.7. The number of ether oxygens (including phenoxy) is 1. The van der Waals surface area contributed by atoms with Crippen LogP contribution in [0, 0.1) is 0 Å². The van der Waals surface area contributed by atoms with Crippen molar-refractivity contribution >= 4 is 58.2 Å². The first kappa shape index (κ1) is 24.8. The molecular weight excluding hydrogens is 479 g/mol. The number of ketones is 1. The van der Waals surface area contributed by atoms with Gasteiger partial charge in [-0.3, -0.25) is 9.59 Å². The van der Waals surface area contributed by atoms with E-state index in [1.54, 1.807) is 30.3 Å². The second kappa shape index (κ2) is 11.3. The van der Waals surface area contributed by atoms with Crippen LogP contribution in [-0.2, 0) is 4.79 Å². The molecule has 0 unspecified atom stereocenters. The third-order valence-electron chi connectivity index (χ3n) is 4.47. The molecule has 0 atom stereocenters. The minimum Gasteiger partial charge on any atom is -0.423 e. The van der Waals surface area contributed by atoms with Gasteiger partial charge in [-0.1, -0.05) is 23.2 Å². The molecule has 0 aliphatic heterocycles. The van der Waals surface area contributed by atoms with Crippen molar-refractivity contribution in [2.24, 2.45) is 16.5 Å². The summed E-state index contributed by atoms with van der Waals surface area (Å²) in [5.41, 5.74) is 12.3. The Morgan fingerprint density at radius 1 is 0.824 bits per heavy atom. The minimum atomic E-state index is -0.576. The average Bonchev–Trinajstić information content (AvgIpc) is 2.77. The summed E-state index contributed by atoms with van der Waals surface area (Å²) in [6.45, 7) is 0. The van der Waals surface area contributed by atoms with Crippen LogP contribution in [-0.4, -0.2) is 23.6 Å². The highest BCUT2D eigenvalue weighted by atomic mass is 35.5. The third-order valence-corrected chi connectivity index (χ3v) is 4.91. The molecule has 0 aliphatic carbocycles. The van der Waals surface area contributed by atoms with E-state index in [0.717, 1.165) is 0 Å². The first-order valence-electron chi connectivity index (χ1n) is 10.0. The summed E-state index contributed by atoms with van der Waals surface area (Å²) in [7, 11) is 0. The number of guanidine groups is 1. The summed E-state index contributed by atoms with van der Waals surface area (Å²) in [4.78, 5) is 40.7. The van der Waals surface area contributed by atoms with Crippen LogP contribution in [0.3, 0.4) is 0 Å². The summed E-state index contributed by atoms with van der Waals surface area (Å²) in [5, 5.41) is 3.43. The number of carbonyl (C=O) groups excluding carboxylic acids is 3. The van der Waals surface area contributed by atoms with E-state index in [9.17, 15) is 14.4 Å². The van der Waals surface area contributed by atoms with Crippen LogP contribution < -0.4 is 21.5 Å². The molecule has 0 spiro atoms. The van der Waals surface area contributed by atoms with E-state index < -0.39 is 5.97 Å². The Hall–Kier alpha value is -3.88. The van der Waals surface area contributed by atoms with Crippen molar-refractivity contribution in [3.05, 3.63) is 87.9 Å². The number of benzene rings is 3. The molecule has 0 heterocycles. The number of aliphatic imine (C=N–C) groups is 1. The van der Waals surface area contributed by atoms with Crippen molar-refractivity contribution in [1.82, 2.24) is 0 Å². The van der Waals surface area contributed by atoms with E-state index in [4.69, 9.17) is 39.4 Å². The Morgan fingerprint density at radius 3 is 2.00 bits per heavy atom. The molecule has 10 heteroatoms. The molecule has 0 saturated heterocycles. The van der Waals surface area contributed by atoms with Crippen LogP contribution in [0.25, 0.3) is 0 Å². The number of hydrogen-bond acceptors (Lipinski definition) is 5. The number of amides is 1. The lowest BCUT2D eigenvalue weighted by molar-refractivity contribution is -0.116. The Morgan fingerprint density at radius 2 is 1.41 bits per heavy atom. The van der Waals surface area contributed by atoms with Crippen molar-refractivity contribution in [3.8, 4) is 5.75 Å². The zero-order valence-corrected chi connectivity index (χ0v) is 19.3. The highest BCUT2D eigenvalue weighted by Gasteiger charge is 2.12. The number of rotatable bonds is 8. The molecular formula is C24H20Cl2N4O4. The maximum absolute atomic E-state index is 12.4. The topological polar surface area (TPSA) is 137 Å². The monoisotopic (exact) mass is 498 g/mol. The van der Waals surface area contributed by atoms with Gasteiger partial charge in [0.25, 0.3) is 0 Å². The molecule has 0 aliphatic rings. The van der Waals surface area contributed by atoms with Gasteiger partial charge in [0.1, 0.15) is 5.75 Å². The van der Waals surface area contributed by atoms with Crippen molar-refractivity contribution in [2.45, 2.75) is 12.8 Å². The first-order chi connectivity index (χ1) is 16.2. The van der Waals surface area contributed by atoms with E-state index in [1.165, 1.54) is 36.4 Å². The predicted octanol–water partition coefficient (Wildman–Crippen LogP) is 4.72. The Balaban J connectivity index is 1.52. The summed E-state index contributed by atoms with van der Waals surface area (Å²) in [6, 6.07) is 17.0. The zero-order valence-electron chi connectivity index (χ0n) is 17.8. The lowest BCUT2D eigenvalue weighted by Gasteiger charge is -2.07. The molecule has 5 N–H and O–H groups in total. The molecule has 0 fully saturated rings. The van der Waals surface area contributed by atoms with Crippen LogP contribution in [0.15, 0.2) is 71.7 Å². The highest BCUT2D eigenvalue weighted by molar-refractivity contribution is 6.35. The van der Waals surface area contributed by atoms with Crippen LogP contribution in [0.1, 0.15) is 33.6 Å². The van der Waals surface area contributed by atoms with E-state index in [1.807, 2.05) is 0 Å². The number of esters is 1. The van der Waals surface area contributed by atoms with Gasteiger partial charge in [0.15, 0.2) is 11.7 Å². The summed E-state index contributed by atoms with van der Waals surface area (Å²) < 4.78 is 5.32. The van der Waals surface area contributed by atoms with Gasteiger partial charge >= 0.3 is 5.97 Å². The van der Waals surface area contributed by atoms with Gasteiger partial charge in [-0.05, 0) is 66.7 Å². The Kier molecular flexibility index (Phi) is 8.24. The molecule has 1 amide bonds. The minimum absolute atomic E-state index is 0.00140.